The highest BCUT2D eigenvalue weighted by Gasteiger charge is 2.12. The molecule has 0 heterocycles. The van der Waals surface area contributed by atoms with Crippen molar-refractivity contribution in [2.24, 2.45) is 0 Å². The van der Waals surface area contributed by atoms with Gasteiger partial charge in [0.25, 0.3) is 6.43 Å². The van der Waals surface area contributed by atoms with E-state index in [9.17, 15) is 8.78 Å². The van der Waals surface area contributed by atoms with E-state index in [4.69, 9.17) is 5.11 Å². The monoisotopic (exact) mass is 167 g/mol. The second-order valence-corrected chi connectivity index (χ2v) is 2.51. The molecule has 0 bridgehead atoms. The summed E-state index contributed by atoms with van der Waals surface area (Å²) in [6.45, 7) is 2.13. The second-order valence-electron chi connectivity index (χ2n) is 2.51. The highest BCUT2D eigenvalue weighted by molar-refractivity contribution is 4.61. The molecule has 2 nitrogen and oxygen atoms in total. The first-order chi connectivity index (χ1) is 5.18. The van der Waals surface area contributed by atoms with Crippen molar-refractivity contribution in [3.63, 3.8) is 0 Å². The van der Waals surface area contributed by atoms with Crippen LogP contribution in [-0.2, 0) is 0 Å². The topological polar surface area (TPSA) is 32.3 Å². The van der Waals surface area contributed by atoms with Crippen molar-refractivity contribution in [1.82, 2.24) is 5.32 Å². The molecule has 0 spiro atoms. The fourth-order valence-electron chi connectivity index (χ4n) is 0.656. The van der Waals surface area contributed by atoms with Gasteiger partial charge in [-0.15, -0.1) is 0 Å². The molecule has 1 unspecified atom stereocenters. The van der Waals surface area contributed by atoms with Gasteiger partial charge in [0.2, 0.25) is 0 Å². The third kappa shape index (κ3) is 6.19. The van der Waals surface area contributed by atoms with Crippen LogP contribution in [0.2, 0.25) is 0 Å². The van der Waals surface area contributed by atoms with E-state index in [1.54, 1.807) is 0 Å². The van der Waals surface area contributed by atoms with Gasteiger partial charge in [0.15, 0.2) is 0 Å². The number of halogens is 2. The van der Waals surface area contributed by atoms with Gasteiger partial charge in [0, 0.05) is 6.61 Å². The van der Waals surface area contributed by atoms with Crippen LogP contribution in [0.3, 0.4) is 0 Å². The number of nitrogens with one attached hydrogen (secondary N) is 1. The van der Waals surface area contributed by atoms with Gasteiger partial charge in [0.1, 0.15) is 0 Å². The maximum atomic E-state index is 11.8. The first kappa shape index (κ1) is 10.8. The van der Waals surface area contributed by atoms with E-state index in [1.165, 1.54) is 6.92 Å². The summed E-state index contributed by atoms with van der Waals surface area (Å²) in [5, 5.41) is 11.0. The molecule has 0 saturated carbocycles. The molecular formula is C7H15F2NO. The summed E-state index contributed by atoms with van der Waals surface area (Å²) in [5.74, 6) is 0. The molecule has 0 saturated heterocycles. The predicted molar refractivity (Wildman–Crippen MR) is 39.8 cm³/mol. The van der Waals surface area contributed by atoms with Crippen molar-refractivity contribution in [3.8, 4) is 0 Å². The van der Waals surface area contributed by atoms with E-state index in [2.05, 4.69) is 5.32 Å². The maximum absolute atomic E-state index is 11.8. The number of aliphatic hydroxyl groups is 1. The zero-order valence-electron chi connectivity index (χ0n) is 6.69. The van der Waals surface area contributed by atoms with Gasteiger partial charge in [-0.05, 0) is 26.3 Å². The van der Waals surface area contributed by atoms with Crippen molar-refractivity contribution in [2.75, 3.05) is 13.2 Å². The lowest BCUT2D eigenvalue weighted by atomic mass is 10.3. The summed E-state index contributed by atoms with van der Waals surface area (Å²) >= 11 is 0. The molecule has 0 rings (SSSR count). The fourth-order valence-corrected chi connectivity index (χ4v) is 0.656. The molecule has 0 amide bonds. The molecular weight excluding hydrogens is 152 g/mol. The molecule has 0 aromatic heterocycles. The average molecular weight is 167 g/mol. The molecule has 0 aliphatic rings. The number of alkyl halides is 2. The molecule has 0 aromatic carbocycles. The van der Waals surface area contributed by atoms with E-state index in [0.29, 0.717) is 13.0 Å². The van der Waals surface area contributed by atoms with Crippen LogP contribution < -0.4 is 5.32 Å². The van der Waals surface area contributed by atoms with Crippen LogP contribution in [0.4, 0.5) is 8.78 Å². The Hall–Kier alpha value is -0.220. The lowest BCUT2D eigenvalue weighted by Crippen LogP contribution is -2.33. The third-order valence-electron chi connectivity index (χ3n) is 1.43. The number of rotatable bonds is 6. The van der Waals surface area contributed by atoms with Crippen molar-refractivity contribution in [1.29, 1.82) is 0 Å². The summed E-state index contributed by atoms with van der Waals surface area (Å²) in [5.41, 5.74) is 0. The molecule has 2 N–H and O–H groups in total. The van der Waals surface area contributed by atoms with Gasteiger partial charge in [-0.3, -0.25) is 0 Å². The highest BCUT2D eigenvalue weighted by atomic mass is 19.3. The van der Waals surface area contributed by atoms with Gasteiger partial charge >= 0.3 is 0 Å². The quantitative estimate of drug-likeness (QED) is 0.578. The minimum atomic E-state index is -2.30. The first-order valence-corrected chi connectivity index (χ1v) is 3.81. The van der Waals surface area contributed by atoms with Crippen LogP contribution in [0.15, 0.2) is 0 Å². The summed E-state index contributed by atoms with van der Waals surface area (Å²) in [6.07, 6.45) is -0.889. The second kappa shape index (κ2) is 6.49. The molecule has 0 radical (unpaired) electrons. The molecule has 68 valence electrons. The first-order valence-electron chi connectivity index (χ1n) is 3.81. The largest absolute Gasteiger partial charge is 0.396 e. The van der Waals surface area contributed by atoms with Crippen molar-refractivity contribution in [2.45, 2.75) is 32.2 Å². The van der Waals surface area contributed by atoms with Crippen LogP contribution in [0.25, 0.3) is 0 Å². The average Bonchev–Trinajstić information content (AvgIpc) is 1.97. The zero-order valence-corrected chi connectivity index (χ0v) is 6.69. The third-order valence-corrected chi connectivity index (χ3v) is 1.43. The summed E-state index contributed by atoms with van der Waals surface area (Å²) in [4.78, 5) is 0. The van der Waals surface area contributed by atoms with E-state index < -0.39 is 12.5 Å². The summed E-state index contributed by atoms with van der Waals surface area (Å²) in [7, 11) is 0. The predicted octanol–water partition coefficient (Wildman–Crippen LogP) is 1.00. The van der Waals surface area contributed by atoms with Crippen LogP contribution in [-0.4, -0.2) is 30.7 Å². The number of aliphatic hydroxyl groups excluding tert-OH is 1. The number of hydrogen-bond donors (Lipinski definition) is 2. The normalized spacial score (nSPS) is 13.9. The van der Waals surface area contributed by atoms with Crippen molar-refractivity contribution in [3.05, 3.63) is 0 Å². The minimum Gasteiger partial charge on any atom is -0.396 e. The van der Waals surface area contributed by atoms with Gasteiger partial charge in [-0.2, -0.15) is 0 Å². The maximum Gasteiger partial charge on any atom is 0.253 e. The molecule has 0 aliphatic heterocycles. The molecule has 0 fully saturated rings. The Balaban J connectivity index is 3.10. The Labute approximate surface area is 65.6 Å². The van der Waals surface area contributed by atoms with Gasteiger partial charge in [-0.25, -0.2) is 8.78 Å². The Kier molecular flexibility index (Phi) is 6.36. The van der Waals surface area contributed by atoms with Gasteiger partial charge in [-0.1, -0.05) is 0 Å². The fraction of sp³-hybridized carbons (Fsp3) is 1.00. The standard InChI is InChI=1S/C7H15F2NO/c1-6(7(8)9)10-4-2-3-5-11/h6-7,10-11H,2-5H2,1H3. The smallest absolute Gasteiger partial charge is 0.253 e. The Bertz CT molecular complexity index is 90.5. The molecule has 0 aliphatic carbocycles. The van der Waals surface area contributed by atoms with E-state index >= 15 is 0 Å². The van der Waals surface area contributed by atoms with Gasteiger partial charge in [0.05, 0.1) is 6.04 Å². The van der Waals surface area contributed by atoms with Gasteiger partial charge < -0.3 is 10.4 Å². The van der Waals surface area contributed by atoms with E-state index in [0.717, 1.165) is 6.42 Å². The lowest BCUT2D eigenvalue weighted by Gasteiger charge is -2.11. The summed E-state index contributed by atoms with van der Waals surface area (Å²) in [6, 6.07) is -0.742. The lowest BCUT2D eigenvalue weighted by molar-refractivity contribution is 0.106. The minimum absolute atomic E-state index is 0.130. The van der Waals surface area contributed by atoms with Crippen LogP contribution >= 0.6 is 0 Å². The van der Waals surface area contributed by atoms with Crippen molar-refractivity contribution >= 4 is 0 Å². The highest BCUT2D eigenvalue weighted by Crippen LogP contribution is 1.99. The number of unbranched alkanes of at least 4 members (excludes halogenated alkanes) is 1. The van der Waals surface area contributed by atoms with Crippen LogP contribution in [0.5, 0.6) is 0 Å². The van der Waals surface area contributed by atoms with E-state index in [-0.39, 0.29) is 6.61 Å². The molecule has 0 aromatic rings. The van der Waals surface area contributed by atoms with Crippen LogP contribution in [0, 0.1) is 0 Å². The molecule has 4 heteroatoms. The molecule has 11 heavy (non-hydrogen) atoms. The summed E-state index contributed by atoms with van der Waals surface area (Å²) < 4.78 is 23.7. The Morgan fingerprint density at radius 1 is 1.36 bits per heavy atom. The molecule has 1 atom stereocenters. The van der Waals surface area contributed by atoms with E-state index in [1.807, 2.05) is 0 Å². The Morgan fingerprint density at radius 3 is 2.45 bits per heavy atom. The zero-order chi connectivity index (χ0) is 8.69. The van der Waals surface area contributed by atoms with Crippen LogP contribution in [0.1, 0.15) is 19.8 Å². The van der Waals surface area contributed by atoms with Crippen molar-refractivity contribution < 1.29 is 13.9 Å². The number of hydrogen-bond acceptors (Lipinski definition) is 2. The Morgan fingerprint density at radius 2 is 2.00 bits per heavy atom. The SMILES string of the molecule is CC(NCCCCO)C(F)F.